The number of pyridine rings is 1. The Bertz CT molecular complexity index is 953. The number of fused-ring (bicyclic) bond motifs is 5. The second kappa shape index (κ2) is 11.1. The van der Waals surface area contributed by atoms with Crippen LogP contribution in [0.15, 0.2) is 36.5 Å². The van der Waals surface area contributed by atoms with Gasteiger partial charge in [0.25, 0.3) is 0 Å². The second-order valence-electron chi connectivity index (χ2n) is 10.7. The number of imide groups is 1. The molecule has 0 spiro atoms. The number of rotatable bonds is 10. The molecule has 8 heteroatoms. The lowest BCUT2D eigenvalue weighted by Crippen LogP contribution is -2.46. The Labute approximate surface area is 213 Å². The number of ether oxygens (including phenoxy) is 1. The van der Waals surface area contributed by atoms with Gasteiger partial charge in [0.05, 0.1) is 18.4 Å². The number of likely N-dealkylation sites (tertiary alicyclic amines) is 1. The number of esters is 1. The molecule has 2 aliphatic carbocycles. The summed E-state index contributed by atoms with van der Waals surface area (Å²) < 4.78 is 5.93. The first kappa shape index (κ1) is 24.9. The van der Waals surface area contributed by atoms with Crippen molar-refractivity contribution in [3.05, 3.63) is 36.5 Å². The van der Waals surface area contributed by atoms with Gasteiger partial charge in [0.1, 0.15) is 11.9 Å². The molecule has 3 heterocycles. The zero-order valence-corrected chi connectivity index (χ0v) is 21.3. The van der Waals surface area contributed by atoms with E-state index in [0.29, 0.717) is 13.0 Å². The van der Waals surface area contributed by atoms with E-state index >= 15 is 0 Å². The summed E-state index contributed by atoms with van der Waals surface area (Å²) >= 11 is 0. The molecule has 194 valence electrons. The summed E-state index contributed by atoms with van der Waals surface area (Å²) in [5, 5.41) is 0. The Hall–Kier alpha value is -2.74. The smallest absolute Gasteiger partial charge is 0.306 e. The van der Waals surface area contributed by atoms with E-state index in [-0.39, 0.29) is 48.0 Å². The molecule has 2 bridgehead atoms. The summed E-state index contributed by atoms with van der Waals surface area (Å²) in [6.07, 6.45) is 10.6. The number of carbonyl (C=O) groups excluding carboxylic acids is 3. The molecule has 5 rings (SSSR count). The highest BCUT2D eigenvalue weighted by molar-refractivity contribution is 6.06. The minimum Gasteiger partial charge on any atom is -0.459 e. The van der Waals surface area contributed by atoms with E-state index in [1.807, 2.05) is 24.4 Å². The maximum Gasteiger partial charge on any atom is 0.306 e. The largest absolute Gasteiger partial charge is 0.459 e. The van der Waals surface area contributed by atoms with E-state index in [1.165, 1.54) is 4.90 Å². The van der Waals surface area contributed by atoms with E-state index in [4.69, 9.17) is 4.74 Å². The molecule has 1 saturated carbocycles. The van der Waals surface area contributed by atoms with Crippen molar-refractivity contribution in [2.24, 2.45) is 23.7 Å². The van der Waals surface area contributed by atoms with E-state index in [9.17, 15) is 14.4 Å². The average molecular weight is 495 g/mol. The number of nitrogens with zero attached hydrogens (tertiary/aromatic N) is 4. The lowest BCUT2D eigenvalue weighted by atomic mass is 9.85. The molecule has 36 heavy (non-hydrogen) atoms. The molecule has 0 aromatic carbocycles. The SMILES string of the molecule is CCCCCC(=O)OC(CN1CCCN(c2ccccn2)CC1)CN1C(=O)C2C3C=C[C@@H](C3)[C@@H]2C1=O. The van der Waals surface area contributed by atoms with Crippen LogP contribution in [0.2, 0.25) is 0 Å². The molecule has 1 aromatic heterocycles. The van der Waals surface area contributed by atoms with E-state index in [2.05, 4.69) is 33.9 Å². The first-order chi connectivity index (χ1) is 17.5. The Morgan fingerprint density at radius 2 is 1.81 bits per heavy atom. The predicted molar refractivity (Wildman–Crippen MR) is 136 cm³/mol. The Morgan fingerprint density at radius 1 is 1.03 bits per heavy atom. The number of hydrogen-bond donors (Lipinski definition) is 0. The summed E-state index contributed by atoms with van der Waals surface area (Å²) in [6, 6.07) is 5.95. The number of unbranched alkanes of at least 4 members (excludes halogenated alkanes) is 2. The normalized spacial score (nSPS) is 28.5. The van der Waals surface area contributed by atoms with Gasteiger partial charge in [0, 0.05) is 45.3 Å². The van der Waals surface area contributed by atoms with Crippen LogP contribution in [0.25, 0.3) is 0 Å². The van der Waals surface area contributed by atoms with Crippen LogP contribution in [-0.2, 0) is 19.1 Å². The van der Waals surface area contributed by atoms with Gasteiger partial charge in [-0.3, -0.25) is 24.2 Å². The first-order valence-corrected chi connectivity index (χ1v) is 13.7. The molecular weight excluding hydrogens is 456 g/mol. The second-order valence-corrected chi connectivity index (χ2v) is 10.7. The topological polar surface area (TPSA) is 83.1 Å². The molecule has 3 fully saturated rings. The van der Waals surface area contributed by atoms with Gasteiger partial charge >= 0.3 is 5.97 Å². The molecule has 1 aromatic rings. The third kappa shape index (κ3) is 5.19. The molecule has 4 aliphatic rings. The van der Waals surface area contributed by atoms with Gasteiger partial charge in [-0.25, -0.2) is 4.98 Å². The minimum absolute atomic E-state index is 0.0777. The quantitative estimate of drug-likeness (QED) is 0.214. The monoisotopic (exact) mass is 494 g/mol. The molecule has 0 N–H and O–H groups in total. The first-order valence-electron chi connectivity index (χ1n) is 13.7. The van der Waals surface area contributed by atoms with Crippen molar-refractivity contribution in [1.82, 2.24) is 14.8 Å². The van der Waals surface area contributed by atoms with Crippen molar-refractivity contribution in [2.45, 2.75) is 51.6 Å². The van der Waals surface area contributed by atoms with Gasteiger partial charge in [-0.15, -0.1) is 0 Å². The Kier molecular flexibility index (Phi) is 7.70. The highest BCUT2D eigenvalue weighted by atomic mass is 16.5. The third-order valence-corrected chi connectivity index (χ3v) is 8.25. The lowest BCUT2D eigenvalue weighted by molar-refractivity contribution is -0.155. The maximum absolute atomic E-state index is 13.3. The van der Waals surface area contributed by atoms with Gasteiger partial charge in [-0.05, 0) is 43.2 Å². The van der Waals surface area contributed by atoms with Crippen molar-refractivity contribution < 1.29 is 19.1 Å². The van der Waals surface area contributed by atoms with Crippen LogP contribution in [0.3, 0.4) is 0 Å². The lowest BCUT2D eigenvalue weighted by Gasteiger charge is -2.29. The number of allylic oxidation sites excluding steroid dienone is 2. The maximum atomic E-state index is 13.3. The minimum atomic E-state index is -0.516. The van der Waals surface area contributed by atoms with Gasteiger partial charge in [-0.2, -0.15) is 0 Å². The van der Waals surface area contributed by atoms with Crippen LogP contribution in [0.4, 0.5) is 5.82 Å². The summed E-state index contributed by atoms with van der Waals surface area (Å²) in [5.41, 5.74) is 0. The number of hydrogen-bond acceptors (Lipinski definition) is 7. The van der Waals surface area contributed by atoms with Gasteiger partial charge in [0.15, 0.2) is 0 Å². The van der Waals surface area contributed by atoms with E-state index < -0.39 is 6.10 Å². The summed E-state index contributed by atoms with van der Waals surface area (Å²) in [4.78, 5) is 49.7. The average Bonchev–Trinajstić information content (AvgIpc) is 3.50. The van der Waals surface area contributed by atoms with Crippen LogP contribution in [0.1, 0.15) is 45.4 Å². The Morgan fingerprint density at radius 3 is 2.50 bits per heavy atom. The van der Waals surface area contributed by atoms with Crippen LogP contribution in [0.5, 0.6) is 0 Å². The van der Waals surface area contributed by atoms with Crippen molar-refractivity contribution in [3.63, 3.8) is 0 Å². The molecule has 5 atom stereocenters. The molecule has 2 aliphatic heterocycles. The van der Waals surface area contributed by atoms with Crippen molar-refractivity contribution in [2.75, 3.05) is 44.2 Å². The van der Waals surface area contributed by atoms with Crippen LogP contribution < -0.4 is 4.90 Å². The molecule has 2 saturated heterocycles. The number of carbonyl (C=O) groups is 3. The number of aromatic nitrogens is 1. The van der Waals surface area contributed by atoms with Crippen molar-refractivity contribution in [1.29, 1.82) is 0 Å². The fraction of sp³-hybridized carbons (Fsp3) is 0.643. The van der Waals surface area contributed by atoms with E-state index in [1.54, 1.807) is 0 Å². The molecule has 0 radical (unpaired) electrons. The van der Waals surface area contributed by atoms with Crippen molar-refractivity contribution >= 4 is 23.6 Å². The van der Waals surface area contributed by atoms with Gasteiger partial charge in [-0.1, -0.05) is 38.0 Å². The highest BCUT2D eigenvalue weighted by Crippen LogP contribution is 2.52. The fourth-order valence-corrected chi connectivity index (χ4v) is 6.46. The highest BCUT2D eigenvalue weighted by Gasteiger charge is 2.59. The zero-order valence-electron chi connectivity index (χ0n) is 21.3. The summed E-state index contributed by atoms with van der Waals surface area (Å²) in [5.74, 6) is 0.495. The van der Waals surface area contributed by atoms with Gasteiger partial charge < -0.3 is 9.64 Å². The van der Waals surface area contributed by atoms with E-state index in [0.717, 1.165) is 64.1 Å². The zero-order chi connectivity index (χ0) is 25.1. The molecule has 8 nitrogen and oxygen atoms in total. The molecule has 2 amide bonds. The summed E-state index contributed by atoms with van der Waals surface area (Å²) in [6.45, 7) is 6.20. The van der Waals surface area contributed by atoms with Gasteiger partial charge in [0.2, 0.25) is 11.8 Å². The molecule has 3 unspecified atom stereocenters. The standard InChI is InChI=1S/C28H38N4O4/c1-2-3-4-9-24(33)36-22(18-30-13-7-14-31(16-15-30)23-8-5-6-12-29-23)19-32-27(34)25-20-10-11-21(17-20)26(25)28(32)35/h5-6,8,10-12,20-22,25-26H,2-4,7,9,13-19H2,1H3/t20-,21?,22?,25-,26?/m0/s1. The Balaban J connectivity index is 1.24. The van der Waals surface area contributed by atoms with Crippen LogP contribution >= 0.6 is 0 Å². The van der Waals surface area contributed by atoms with Crippen molar-refractivity contribution in [3.8, 4) is 0 Å². The fourth-order valence-electron chi connectivity index (χ4n) is 6.46. The van der Waals surface area contributed by atoms with Crippen LogP contribution in [0, 0.1) is 23.7 Å². The predicted octanol–water partition coefficient (Wildman–Crippen LogP) is 2.89. The third-order valence-electron chi connectivity index (χ3n) is 8.25. The molecular formula is C28H38N4O4. The number of anilines is 1. The van der Waals surface area contributed by atoms with Crippen LogP contribution in [-0.4, -0.2) is 77.9 Å². The number of amides is 2. The summed E-state index contributed by atoms with van der Waals surface area (Å²) in [7, 11) is 0.